The fourth-order valence-electron chi connectivity index (χ4n) is 5.05. The molecule has 0 aliphatic heterocycles. The second-order valence-electron chi connectivity index (χ2n) is 10.1. The Morgan fingerprint density at radius 2 is 1.34 bits per heavy atom. The van der Waals surface area contributed by atoms with Crippen molar-refractivity contribution in [1.82, 2.24) is 5.32 Å². The van der Waals surface area contributed by atoms with Crippen molar-refractivity contribution in [3.8, 4) is 22.6 Å². The minimum Gasteiger partial charge on any atom is -0.346 e. The molecule has 2 aromatic rings. The average molecular weight is 498 g/mol. The molecule has 3 nitrogen and oxygen atoms in total. The molecule has 188 valence electrons. The molecule has 0 saturated carbocycles. The van der Waals surface area contributed by atoms with Crippen LogP contribution in [0, 0.1) is 11.5 Å². The number of benzene rings is 2. The number of halogens is 2. The zero-order valence-corrected chi connectivity index (χ0v) is 22.8. The van der Waals surface area contributed by atoms with E-state index in [1.165, 1.54) is 6.92 Å². The van der Waals surface area contributed by atoms with Crippen LogP contribution in [0.3, 0.4) is 0 Å². The van der Waals surface area contributed by atoms with Gasteiger partial charge in [0.2, 0.25) is 5.91 Å². The molecule has 0 aliphatic rings. The zero-order valence-electron chi connectivity index (χ0n) is 21.8. The molecule has 1 amide bonds. The van der Waals surface area contributed by atoms with Crippen molar-refractivity contribution in [1.29, 1.82) is 0 Å². The molecular formula is C29H37F2NO2Si. The van der Waals surface area contributed by atoms with Gasteiger partial charge in [0, 0.05) is 12.5 Å². The number of nitrogens with one attached hydrogen (secondary N) is 1. The van der Waals surface area contributed by atoms with Crippen LogP contribution in [0.4, 0.5) is 8.78 Å². The Morgan fingerprint density at radius 3 is 1.80 bits per heavy atom. The number of hydrogen-bond acceptors (Lipinski definition) is 2. The molecule has 0 radical (unpaired) electrons. The van der Waals surface area contributed by atoms with Gasteiger partial charge in [-0.3, -0.25) is 9.59 Å². The van der Waals surface area contributed by atoms with Gasteiger partial charge < -0.3 is 5.32 Å². The van der Waals surface area contributed by atoms with E-state index in [9.17, 15) is 9.59 Å². The molecule has 0 aromatic heterocycles. The molecule has 0 saturated heterocycles. The van der Waals surface area contributed by atoms with Gasteiger partial charge in [0.1, 0.15) is 8.07 Å². The van der Waals surface area contributed by atoms with Gasteiger partial charge >= 0.3 is 5.92 Å². The third kappa shape index (κ3) is 7.11. The zero-order chi connectivity index (χ0) is 26.4. The molecule has 6 heteroatoms. The van der Waals surface area contributed by atoms with E-state index in [4.69, 9.17) is 0 Å². The highest BCUT2D eigenvalue weighted by atomic mass is 28.3. The Morgan fingerprint density at radius 1 is 0.857 bits per heavy atom. The van der Waals surface area contributed by atoms with Crippen molar-refractivity contribution in [2.75, 3.05) is 0 Å². The lowest BCUT2D eigenvalue weighted by Crippen LogP contribution is -2.45. The first kappa shape index (κ1) is 28.5. The van der Waals surface area contributed by atoms with Crippen molar-refractivity contribution in [3.05, 3.63) is 60.2 Å². The first-order valence-electron chi connectivity index (χ1n) is 12.2. The predicted molar refractivity (Wildman–Crippen MR) is 142 cm³/mol. The lowest BCUT2D eigenvalue weighted by molar-refractivity contribution is -0.119. The molecule has 35 heavy (non-hydrogen) atoms. The monoisotopic (exact) mass is 497 g/mol. The normalized spacial score (nSPS) is 12.9. The number of rotatable bonds is 9. The van der Waals surface area contributed by atoms with Gasteiger partial charge in [-0.25, -0.2) is 0 Å². The second-order valence-corrected chi connectivity index (χ2v) is 15.7. The lowest BCUT2D eigenvalue weighted by Gasteiger charge is -2.38. The van der Waals surface area contributed by atoms with E-state index in [0.717, 1.165) is 11.1 Å². The highest BCUT2D eigenvalue weighted by molar-refractivity contribution is 6.90. The van der Waals surface area contributed by atoms with Gasteiger partial charge in [0.05, 0.1) is 12.5 Å². The van der Waals surface area contributed by atoms with Crippen molar-refractivity contribution in [2.24, 2.45) is 0 Å². The number of carbonyl (C=O) groups is 2. The average Bonchev–Trinajstić information content (AvgIpc) is 2.78. The van der Waals surface area contributed by atoms with Crippen LogP contribution in [0.15, 0.2) is 54.6 Å². The fourth-order valence-corrected chi connectivity index (χ4v) is 10.3. The molecule has 0 bridgehead atoms. The summed E-state index contributed by atoms with van der Waals surface area (Å²) in [6.45, 7) is 13.6. The Labute approximate surface area is 209 Å². The van der Waals surface area contributed by atoms with Crippen LogP contribution < -0.4 is 5.32 Å². The second kappa shape index (κ2) is 11.8. The van der Waals surface area contributed by atoms with Crippen LogP contribution in [-0.2, 0) is 4.79 Å². The standard InChI is InChI=1S/C29H37F2NO2Si/c1-20(2)35(21(3)4,22(5)6)18-17-29(30,31)19-27(32-23(7)33)28(34)26-15-13-25(14-16-26)24-11-9-8-10-12-24/h8-16,20-22,27H,19H2,1-7H3,(H,32,33). The smallest absolute Gasteiger partial charge is 0.309 e. The fraction of sp³-hybridized carbons (Fsp3) is 0.448. The van der Waals surface area contributed by atoms with E-state index in [0.29, 0.717) is 0 Å². The summed E-state index contributed by atoms with van der Waals surface area (Å²) in [7, 11) is -2.36. The van der Waals surface area contributed by atoms with Crippen LogP contribution in [-0.4, -0.2) is 31.7 Å². The van der Waals surface area contributed by atoms with Crippen LogP contribution in [0.25, 0.3) is 11.1 Å². The highest BCUT2D eigenvalue weighted by Crippen LogP contribution is 2.41. The van der Waals surface area contributed by atoms with Gasteiger partial charge in [0.15, 0.2) is 5.78 Å². The largest absolute Gasteiger partial charge is 0.346 e. The molecule has 1 atom stereocenters. The molecular weight excluding hydrogens is 460 g/mol. The van der Waals surface area contributed by atoms with Gasteiger partial charge in [-0.15, -0.1) is 5.54 Å². The number of ketones is 1. The SMILES string of the molecule is CC(=O)NC(CC(F)(F)C#C[Si](C(C)C)(C(C)C)C(C)C)C(=O)c1ccc(-c2ccccc2)cc1. The van der Waals surface area contributed by atoms with Crippen LogP contribution >= 0.6 is 0 Å². The van der Waals surface area contributed by atoms with Crippen molar-refractivity contribution >= 4 is 19.8 Å². The maximum absolute atomic E-state index is 15.2. The minimum atomic E-state index is -3.41. The lowest BCUT2D eigenvalue weighted by atomic mass is 9.96. The Balaban J connectivity index is 2.33. The number of carbonyl (C=O) groups excluding carboxylic acids is 2. The van der Waals surface area contributed by atoms with E-state index in [1.54, 1.807) is 24.3 Å². The third-order valence-electron chi connectivity index (χ3n) is 6.76. The van der Waals surface area contributed by atoms with Gasteiger partial charge in [-0.1, -0.05) is 96.1 Å². The Kier molecular flexibility index (Phi) is 9.57. The van der Waals surface area contributed by atoms with Crippen LogP contribution in [0.2, 0.25) is 16.6 Å². The molecule has 2 rings (SSSR count). The highest BCUT2D eigenvalue weighted by Gasteiger charge is 2.43. The quantitative estimate of drug-likeness (QED) is 0.225. The van der Waals surface area contributed by atoms with E-state index >= 15 is 8.78 Å². The first-order chi connectivity index (χ1) is 16.3. The number of hydrogen-bond donors (Lipinski definition) is 1. The summed E-state index contributed by atoms with van der Waals surface area (Å²) < 4.78 is 30.3. The van der Waals surface area contributed by atoms with Crippen LogP contribution in [0.1, 0.15) is 65.2 Å². The number of amides is 1. The third-order valence-corrected chi connectivity index (χ3v) is 13.0. The van der Waals surface area contributed by atoms with Crippen molar-refractivity contribution < 1.29 is 18.4 Å². The summed E-state index contributed by atoms with van der Waals surface area (Å²) in [5.41, 5.74) is 5.84. The maximum Gasteiger partial charge on any atom is 0.309 e. The Bertz CT molecular complexity index is 1050. The van der Waals surface area contributed by atoms with Crippen LogP contribution in [0.5, 0.6) is 0 Å². The first-order valence-corrected chi connectivity index (χ1v) is 14.4. The molecule has 0 spiro atoms. The summed E-state index contributed by atoms with van der Waals surface area (Å²) in [5.74, 6) is -2.25. The number of alkyl halides is 2. The molecule has 1 N–H and O–H groups in total. The van der Waals surface area contributed by atoms with Crippen molar-refractivity contribution in [2.45, 2.75) is 83.5 Å². The maximum atomic E-state index is 15.2. The Hall–Kier alpha value is -2.78. The van der Waals surface area contributed by atoms with E-state index in [1.807, 2.05) is 30.3 Å². The van der Waals surface area contributed by atoms with Gasteiger partial charge in [-0.2, -0.15) is 8.78 Å². The van der Waals surface area contributed by atoms with Gasteiger partial charge in [-0.05, 0) is 33.7 Å². The number of Topliss-reactive ketones (excluding diaryl/α,β-unsaturated/α-hetero) is 1. The predicted octanol–water partition coefficient (Wildman–Crippen LogP) is 7.29. The van der Waals surface area contributed by atoms with E-state index < -0.39 is 38.1 Å². The minimum absolute atomic E-state index is 0.210. The summed E-state index contributed by atoms with van der Waals surface area (Å²) >= 11 is 0. The van der Waals surface area contributed by atoms with E-state index in [2.05, 4.69) is 58.3 Å². The topological polar surface area (TPSA) is 46.2 Å². The summed E-state index contributed by atoms with van der Waals surface area (Å²) in [6.07, 6.45) is -0.863. The van der Waals surface area contributed by atoms with Crippen molar-refractivity contribution in [3.63, 3.8) is 0 Å². The van der Waals surface area contributed by atoms with E-state index in [-0.39, 0.29) is 22.2 Å². The van der Waals surface area contributed by atoms with Gasteiger partial charge in [0.25, 0.3) is 0 Å². The summed E-state index contributed by atoms with van der Waals surface area (Å²) in [6, 6.07) is 15.1. The summed E-state index contributed by atoms with van der Waals surface area (Å²) in [5, 5.41) is 2.42. The molecule has 0 aliphatic carbocycles. The molecule has 2 aromatic carbocycles. The molecule has 1 unspecified atom stereocenters. The molecule has 0 heterocycles. The molecule has 0 fully saturated rings. The summed E-state index contributed by atoms with van der Waals surface area (Å²) in [4.78, 5) is 24.9.